The van der Waals surface area contributed by atoms with Crippen LogP contribution in [0.2, 0.25) is 5.02 Å². The van der Waals surface area contributed by atoms with E-state index in [1.165, 1.54) is 16.9 Å². The first-order chi connectivity index (χ1) is 16.1. The molecule has 1 amide bonds. The first-order valence-corrected chi connectivity index (χ1v) is 12.3. The third kappa shape index (κ3) is 6.11. The molecule has 3 aromatic rings. The molecule has 0 spiro atoms. The molecule has 7 heteroatoms. The lowest BCUT2D eigenvalue weighted by Crippen LogP contribution is -2.49. The van der Waals surface area contributed by atoms with Crippen LogP contribution in [-0.2, 0) is 6.54 Å². The fourth-order valence-electron chi connectivity index (χ4n) is 4.04. The number of hydrogen-bond donors (Lipinski definition) is 2. The molecular formula is C26H27ClN4OS. The molecule has 1 aliphatic heterocycles. The highest BCUT2D eigenvalue weighted by atomic mass is 35.5. The van der Waals surface area contributed by atoms with Gasteiger partial charge in [0, 0.05) is 37.6 Å². The van der Waals surface area contributed by atoms with Crippen LogP contribution in [0.15, 0.2) is 84.4 Å². The second-order valence-corrected chi connectivity index (χ2v) is 9.32. The summed E-state index contributed by atoms with van der Waals surface area (Å²) in [5.41, 5.74) is 2.21. The van der Waals surface area contributed by atoms with Gasteiger partial charge >= 0.3 is 0 Å². The molecule has 0 radical (unpaired) electrons. The van der Waals surface area contributed by atoms with Crippen LogP contribution in [0.4, 0.5) is 5.69 Å². The Morgan fingerprint density at radius 2 is 1.76 bits per heavy atom. The van der Waals surface area contributed by atoms with Crippen LogP contribution in [-0.4, -0.2) is 40.7 Å². The van der Waals surface area contributed by atoms with Gasteiger partial charge in [-0.3, -0.25) is 20.0 Å². The topological polar surface area (TPSA) is 59.4 Å². The summed E-state index contributed by atoms with van der Waals surface area (Å²) < 4.78 is 0. The van der Waals surface area contributed by atoms with E-state index >= 15 is 0 Å². The van der Waals surface area contributed by atoms with E-state index in [0.29, 0.717) is 9.90 Å². The number of carbonyl (C=O) groups is 1. The number of nitrogens with zero attached hydrogens (tertiary/aromatic N) is 2. The fraction of sp³-hybridized carbons (Fsp3) is 0.231. The highest BCUT2D eigenvalue weighted by Crippen LogP contribution is 2.27. The Labute approximate surface area is 203 Å². The van der Waals surface area contributed by atoms with Gasteiger partial charge in [0.2, 0.25) is 0 Å². The number of amidine groups is 1. The maximum atomic E-state index is 13.4. The van der Waals surface area contributed by atoms with Crippen molar-refractivity contribution >= 4 is 40.4 Å². The molecule has 1 saturated heterocycles. The number of halogens is 1. The third-order valence-corrected chi connectivity index (χ3v) is 7.06. The van der Waals surface area contributed by atoms with Crippen LogP contribution in [0.5, 0.6) is 0 Å². The van der Waals surface area contributed by atoms with Crippen molar-refractivity contribution in [3.05, 3.63) is 99.8 Å². The van der Waals surface area contributed by atoms with E-state index in [1.807, 2.05) is 41.8 Å². The second-order valence-electron chi connectivity index (χ2n) is 7.99. The van der Waals surface area contributed by atoms with E-state index in [2.05, 4.69) is 34.5 Å². The molecule has 0 bridgehead atoms. The van der Waals surface area contributed by atoms with Crippen LogP contribution in [0.25, 0.3) is 0 Å². The number of nitrogens with one attached hydrogen (secondary N) is 2. The maximum Gasteiger partial charge on any atom is 0.271 e. The molecule has 0 atom stereocenters. The highest BCUT2D eigenvalue weighted by Gasteiger charge is 2.32. The number of hydrogen-bond acceptors (Lipinski definition) is 5. The zero-order chi connectivity index (χ0) is 23.0. The molecule has 0 saturated carbocycles. The van der Waals surface area contributed by atoms with Crippen LogP contribution in [0.3, 0.4) is 0 Å². The summed E-state index contributed by atoms with van der Waals surface area (Å²) in [6.07, 6.45) is 4.97. The molecular weight excluding hydrogens is 452 g/mol. The summed E-state index contributed by atoms with van der Waals surface area (Å²) in [6, 6.07) is 21.9. The minimum absolute atomic E-state index is 0.0448. The summed E-state index contributed by atoms with van der Waals surface area (Å²) in [5.74, 6) is -0.0414. The van der Waals surface area contributed by atoms with Gasteiger partial charge in [0.1, 0.15) is 10.7 Å². The smallest absolute Gasteiger partial charge is 0.271 e. The molecule has 4 rings (SSSR count). The van der Waals surface area contributed by atoms with Gasteiger partial charge in [-0.05, 0) is 48.1 Å². The number of rotatable bonds is 7. The lowest BCUT2D eigenvalue weighted by Gasteiger charge is -2.38. The van der Waals surface area contributed by atoms with Crippen LogP contribution in [0, 0.1) is 5.41 Å². The summed E-state index contributed by atoms with van der Waals surface area (Å²) in [6.45, 7) is 2.65. The van der Waals surface area contributed by atoms with Gasteiger partial charge in [0.05, 0.1) is 5.02 Å². The van der Waals surface area contributed by atoms with Crippen molar-refractivity contribution in [2.75, 3.05) is 18.4 Å². The Morgan fingerprint density at radius 3 is 2.39 bits per heavy atom. The van der Waals surface area contributed by atoms with Crippen LogP contribution < -0.4 is 5.32 Å². The van der Waals surface area contributed by atoms with Gasteiger partial charge in [-0.25, -0.2) is 0 Å². The number of thiophene rings is 1. The summed E-state index contributed by atoms with van der Waals surface area (Å²) in [4.78, 5) is 17.9. The number of piperidine rings is 1. The molecule has 170 valence electrons. The molecule has 0 unspecified atom stereocenters. The van der Waals surface area contributed by atoms with E-state index in [4.69, 9.17) is 17.0 Å². The Balaban J connectivity index is 1.45. The highest BCUT2D eigenvalue weighted by molar-refractivity contribution is 7.12. The lowest BCUT2D eigenvalue weighted by molar-refractivity contribution is 0.0735. The Hall–Kier alpha value is -2.93. The summed E-state index contributed by atoms with van der Waals surface area (Å²) >= 11 is 7.59. The normalized spacial score (nSPS) is 14.9. The van der Waals surface area contributed by atoms with Crippen molar-refractivity contribution in [1.29, 1.82) is 5.41 Å². The monoisotopic (exact) mass is 478 g/mol. The SMILES string of the molecule is N=C(/C=C\Nc1ccccc1)N(C(=O)c1sccc1Cl)C1CCN(Cc2ccccc2)CC1. The molecule has 2 aromatic carbocycles. The Bertz CT molecular complexity index is 1090. The summed E-state index contributed by atoms with van der Waals surface area (Å²) in [5, 5.41) is 14.1. The molecule has 1 aliphatic rings. The molecule has 5 nitrogen and oxygen atoms in total. The lowest BCUT2D eigenvalue weighted by atomic mass is 10.0. The van der Waals surface area contributed by atoms with Crippen molar-refractivity contribution in [2.24, 2.45) is 0 Å². The van der Waals surface area contributed by atoms with Crippen molar-refractivity contribution in [3.63, 3.8) is 0 Å². The quantitative estimate of drug-likeness (QED) is 0.318. The first-order valence-electron chi connectivity index (χ1n) is 11.0. The molecule has 1 aromatic heterocycles. The average Bonchev–Trinajstić information content (AvgIpc) is 3.27. The van der Waals surface area contributed by atoms with Gasteiger partial charge in [-0.2, -0.15) is 0 Å². The first kappa shape index (κ1) is 23.2. The number of amides is 1. The number of benzene rings is 2. The number of anilines is 1. The number of likely N-dealkylation sites (tertiary alicyclic amines) is 1. The zero-order valence-corrected chi connectivity index (χ0v) is 19.9. The van der Waals surface area contributed by atoms with Gasteiger partial charge in [0.25, 0.3) is 5.91 Å². The van der Waals surface area contributed by atoms with Gasteiger partial charge in [-0.15, -0.1) is 11.3 Å². The van der Waals surface area contributed by atoms with Crippen LogP contribution >= 0.6 is 22.9 Å². The molecule has 0 aliphatic carbocycles. The largest absolute Gasteiger partial charge is 0.362 e. The predicted octanol–water partition coefficient (Wildman–Crippen LogP) is 6.11. The van der Waals surface area contributed by atoms with Gasteiger partial charge in [0.15, 0.2) is 0 Å². The Morgan fingerprint density at radius 1 is 1.09 bits per heavy atom. The van der Waals surface area contributed by atoms with Gasteiger partial charge in [-0.1, -0.05) is 60.1 Å². The molecule has 1 fully saturated rings. The minimum Gasteiger partial charge on any atom is -0.362 e. The zero-order valence-electron chi connectivity index (χ0n) is 18.3. The van der Waals surface area contributed by atoms with E-state index in [0.717, 1.165) is 38.2 Å². The molecule has 2 N–H and O–H groups in total. The fourth-order valence-corrected chi connectivity index (χ4v) is 5.11. The maximum absolute atomic E-state index is 13.4. The second kappa shape index (κ2) is 11.3. The van der Waals surface area contributed by atoms with Gasteiger partial charge < -0.3 is 5.32 Å². The predicted molar refractivity (Wildman–Crippen MR) is 137 cm³/mol. The Kier molecular flexibility index (Phi) is 7.94. The van der Waals surface area contributed by atoms with E-state index in [1.54, 1.807) is 23.2 Å². The third-order valence-electron chi connectivity index (χ3n) is 5.73. The van der Waals surface area contributed by atoms with Crippen molar-refractivity contribution in [3.8, 4) is 0 Å². The van der Waals surface area contributed by atoms with Crippen molar-refractivity contribution in [2.45, 2.75) is 25.4 Å². The van der Waals surface area contributed by atoms with Crippen LogP contribution in [0.1, 0.15) is 28.1 Å². The standard InChI is InChI=1S/C26H27ClN4OS/c27-23-14-18-33-25(23)26(32)31(24(28)11-15-29-21-9-5-2-6-10-21)22-12-16-30(17-13-22)19-20-7-3-1-4-8-20/h1-11,14-15,18,22,28-29H,12-13,16-17,19H2/b15-11-,28-24?. The van der Waals surface area contributed by atoms with Crippen molar-refractivity contribution < 1.29 is 4.79 Å². The summed E-state index contributed by atoms with van der Waals surface area (Å²) in [7, 11) is 0. The number of para-hydroxylation sites is 1. The van der Waals surface area contributed by atoms with E-state index < -0.39 is 0 Å². The molecule has 33 heavy (non-hydrogen) atoms. The van der Waals surface area contributed by atoms with Crippen molar-refractivity contribution in [1.82, 2.24) is 9.80 Å². The van der Waals surface area contributed by atoms with E-state index in [-0.39, 0.29) is 17.8 Å². The number of carbonyl (C=O) groups excluding carboxylic acids is 1. The molecule has 2 heterocycles. The average molecular weight is 479 g/mol. The van der Waals surface area contributed by atoms with E-state index in [9.17, 15) is 4.79 Å². The minimum atomic E-state index is -0.203.